The van der Waals surface area contributed by atoms with Crippen LogP contribution in [-0.4, -0.2) is 30.4 Å². The molecule has 23 heavy (non-hydrogen) atoms. The van der Waals surface area contributed by atoms with Crippen molar-refractivity contribution in [2.75, 3.05) is 6.61 Å². The first-order valence-corrected chi connectivity index (χ1v) is 13.0. The van der Waals surface area contributed by atoms with Gasteiger partial charge in [0.05, 0.1) is 12.8 Å². The van der Waals surface area contributed by atoms with Crippen LogP contribution >= 0.6 is 0 Å². The first kappa shape index (κ1) is 23.2. The van der Waals surface area contributed by atoms with Gasteiger partial charge in [-0.25, -0.2) is 0 Å². The molecule has 0 rings (SSSR count). The maximum Gasteiger partial charge on any atom is 0.192 e. The molecule has 138 valence electrons. The molecule has 0 heterocycles. The summed E-state index contributed by atoms with van der Waals surface area (Å²) in [5, 5.41) is 0.192. The molecule has 0 N–H and O–H groups in total. The van der Waals surface area contributed by atoms with Crippen LogP contribution < -0.4 is 0 Å². The summed E-state index contributed by atoms with van der Waals surface area (Å²) in [5.41, 5.74) is 0. The number of rotatable bonds is 11. The Labute approximate surface area is 149 Å². The zero-order valence-electron chi connectivity index (χ0n) is 16.7. The molecule has 1 unspecified atom stereocenters. The lowest BCUT2D eigenvalue weighted by molar-refractivity contribution is 0.343. The van der Waals surface area contributed by atoms with E-state index in [9.17, 15) is 4.55 Å². The number of hydrogen-bond donors (Lipinski definition) is 0. The summed E-state index contributed by atoms with van der Waals surface area (Å²) in [6.07, 6.45) is 8.86. The van der Waals surface area contributed by atoms with E-state index in [2.05, 4.69) is 59.0 Å². The Morgan fingerprint density at radius 2 is 1.61 bits per heavy atom. The predicted molar refractivity (Wildman–Crippen MR) is 107 cm³/mol. The van der Waals surface area contributed by atoms with Crippen molar-refractivity contribution < 1.29 is 8.98 Å². The monoisotopic (exact) mass is 361 g/mol. The van der Waals surface area contributed by atoms with E-state index < -0.39 is 19.7 Å². The Kier molecular flexibility index (Phi) is 10.3. The normalized spacial score (nSPS) is 15.3. The number of hydrogen-bond acceptors (Lipinski definition) is 3. The molecule has 0 aliphatic rings. The molecule has 0 aliphatic carbocycles. The summed E-state index contributed by atoms with van der Waals surface area (Å²) in [6, 6.07) is 0. The van der Waals surface area contributed by atoms with Gasteiger partial charge in [-0.3, -0.25) is 0 Å². The zero-order valence-corrected chi connectivity index (χ0v) is 18.5. The lowest BCUT2D eigenvalue weighted by atomic mass is 10.0. The van der Waals surface area contributed by atoms with E-state index in [0.717, 1.165) is 12.8 Å². The maximum absolute atomic E-state index is 12.4. The molecule has 0 aromatic heterocycles. The van der Waals surface area contributed by atoms with Crippen LogP contribution in [0.4, 0.5) is 0 Å². The largest absolute Gasteiger partial charge is 0.591 e. The van der Waals surface area contributed by atoms with Crippen LogP contribution in [0, 0.1) is 0 Å². The number of nitrogens with zero attached hydrogens (tertiary/aromatic N) is 1. The highest BCUT2D eigenvalue weighted by Crippen LogP contribution is 2.36. The van der Waals surface area contributed by atoms with Gasteiger partial charge in [0.15, 0.2) is 8.32 Å². The maximum atomic E-state index is 12.4. The van der Waals surface area contributed by atoms with Gasteiger partial charge >= 0.3 is 0 Å². The van der Waals surface area contributed by atoms with Gasteiger partial charge in [0.1, 0.15) is 16.1 Å². The zero-order chi connectivity index (χ0) is 18.1. The lowest BCUT2D eigenvalue weighted by Gasteiger charge is -2.35. The van der Waals surface area contributed by atoms with Crippen molar-refractivity contribution in [2.24, 2.45) is 4.40 Å². The van der Waals surface area contributed by atoms with Crippen LogP contribution in [-0.2, 0) is 15.8 Å². The van der Waals surface area contributed by atoms with Crippen LogP contribution in [0.25, 0.3) is 0 Å². The highest BCUT2D eigenvalue weighted by molar-refractivity contribution is 7.91. The Balaban J connectivity index is 4.21. The molecule has 3 nitrogen and oxygen atoms in total. The van der Waals surface area contributed by atoms with Crippen molar-refractivity contribution in [2.45, 2.75) is 103 Å². The van der Waals surface area contributed by atoms with E-state index in [4.69, 9.17) is 4.43 Å². The highest BCUT2D eigenvalue weighted by Gasteiger charge is 2.37. The van der Waals surface area contributed by atoms with Gasteiger partial charge in [-0.2, -0.15) is 0 Å². The Bertz CT molecular complexity index is 351. The van der Waals surface area contributed by atoms with Crippen molar-refractivity contribution in [3.63, 3.8) is 0 Å². The van der Waals surface area contributed by atoms with Crippen molar-refractivity contribution in [1.29, 1.82) is 0 Å². The Morgan fingerprint density at radius 3 is 2.13 bits per heavy atom. The molecule has 0 amide bonds. The summed E-state index contributed by atoms with van der Waals surface area (Å²) in [6.45, 7) is 17.9. The molecule has 0 spiro atoms. The van der Waals surface area contributed by atoms with Crippen LogP contribution in [0.3, 0.4) is 0 Å². The fraction of sp³-hybridized carbons (Fsp3) is 0.944. The van der Waals surface area contributed by atoms with Gasteiger partial charge < -0.3 is 8.98 Å². The SMILES string of the molecule is CCCCCCCC(C)(C)[S+]([O-])/N=C/CO[Si](C)(C)C(C)(C)C. The van der Waals surface area contributed by atoms with Gasteiger partial charge in [0.2, 0.25) is 0 Å². The average molecular weight is 362 g/mol. The third kappa shape index (κ3) is 9.27. The van der Waals surface area contributed by atoms with Crippen molar-refractivity contribution >= 4 is 25.9 Å². The van der Waals surface area contributed by atoms with Crippen molar-refractivity contribution in [1.82, 2.24) is 0 Å². The fourth-order valence-corrected chi connectivity index (χ4v) is 3.67. The van der Waals surface area contributed by atoms with Crippen molar-refractivity contribution in [3.8, 4) is 0 Å². The molecule has 5 heteroatoms. The quantitative estimate of drug-likeness (QED) is 0.199. The first-order valence-electron chi connectivity index (χ1n) is 9.02. The summed E-state index contributed by atoms with van der Waals surface area (Å²) in [5.74, 6) is 0. The molecule has 0 saturated carbocycles. The molecule has 0 aromatic carbocycles. The van der Waals surface area contributed by atoms with Gasteiger partial charge in [-0.15, -0.1) is 0 Å². The van der Waals surface area contributed by atoms with E-state index in [1.54, 1.807) is 6.21 Å². The van der Waals surface area contributed by atoms with E-state index in [0.29, 0.717) is 6.61 Å². The van der Waals surface area contributed by atoms with Crippen LogP contribution in [0.5, 0.6) is 0 Å². The Hall–Kier alpha value is 0.157. The summed E-state index contributed by atoms with van der Waals surface area (Å²) < 4.78 is 22.4. The third-order valence-corrected chi connectivity index (χ3v) is 10.8. The standard InChI is InChI=1S/C18H39NO2SSi/c1-9-10-11-12-13-14-18(5,6)22(20)19-15-16-21-23(7,8)17(2,3)4/h15H,9-14,16H2,1-8H3/b19-15+. The molecule has 0 aliphatic heterocycles. The van der Waals surface area contributed by atoms with Gasteiger partial charge in [0, 0.05) is 0 Å². The van der Waals surface area contributed by atoms with Gasteiger partial charge in [-0.1, -0.05) is 57.8 Å². The lowest BCUT2D eigenvalue weighted by Crippen LogP contribution is -2.41. The Morgan fingerprint density at radius 1 is 1.04 bits per heavy atom. The molecule has 0 aromatic rings. The molecular weight excluding hydrogens is 322 g/mol. The van der Waals surface area contributed by atoms with Crippen molar-refractivity contribution in [3.05, 3.63) is 0 Å². The van der Waals surface area contributed by atoms with E-state index >= 15 is 0 Å². The van der Waals surface area contributed by atoms with E-state index in [1.807, 2.05) is 0 Å². The predicted octanol–water partition coefficient (Wildman–Crippen LogP) is 5.88. The highest BCUT2D eigenvalue weighted by atomic mass is 32.2. The van der Waals surface area contributed by atoms with Crippen LogP contribution in [0.2, 0.25) is 18.1 Å². The molecule has 0 saturated heterocycles. The minimum absolute atomic E-state index is 0.192. The third-order valence-electron chi connectivity index (χ3n) is 4.85. The second kappa shape index (κ2) is 10.2. The molecule has 0 fully saturated rings. The van der Waals surface area contributed by atoms with Crippen LogP contribution in [0.15, 0.2) is 4.40 Å². The summed E-state index contributed by atoms with van der Waals surface area (Å²) in [4.78, 5) is 0. The first-order chi connectivity index (χ1) is 10.4. The summed E-state index contributed by atoms with van der Waals surface area (Å²) in [7, 11) is -1.75. The topological polar surface area (TPSA) is 44.7 Å². The molecular formula is C18H39NO2SSi. The summed E-state index contributed by atoms with van der Waals surface area (Å²) >= 11 is -1.18. The van der Waals surface area contributed by atoms with Gasteiger partial charge in [0.25, 0.3) is 0 Å². The second-order valence-electron chi connectivity index (χ2n) is 8.53. The average Bonchev–Trinajstić information content (AvgIpc) is 2.41. The van der Waals surface area contributed by atoms with Gasteiger partial charge in [-0.05, 0) is 44.8 Å². The molecule has 0 radical (unpaired) electrons. The molecule has 0 bridgehead atoms. The van der Waals surface area contributed by atoms with E-state index in [-0.39, 0.29) is 9.79 Å². The smallest absolute Gasteiger partial charge is 0.192 e. The second-order valence-corrected chi connectivity index (χ2v) is 15.2. The number of unbranched alkanes of at least 4 members (excludes halogenated alkanes) is 4. The minimum Gasteiger partial charge on any atom is -0.591 e. The molecule has 1 atom stereocenters. The van der Waals surface area contributed by atoms with E-state index in [1.165, 1.54) is 25.7 Å². The fourth-order valence-electron chi connectivity index (χ4n) is 1.94. The van der Waals surface area contributed by atoms with Crippen LogP contribution in [0.1, 0.15) is 80.1 Å². The minimum atomic E-state index is -1.75.